The molecule has 3 nitrogen and oxygen atoms in total. The van der Waals surface area contributed by atoms with Crippen LogP contribution in [0.1, 0.15) is 141 Å². The second-order valence-corrected chi connectivity index (χ2v) is 14.3. The number of anilines is 1. The van der Waals surface area contributed by atoms with E-state index >= 15 is 0 Å². The standard InChI is InChI=1S/C35H54N3P/c1-6-7-26-34(36-29-18-11-8-12-19-29)38(30-20-13-9-14-21-30)39(31-22-15-10-16-23-31)37-35-32(27(2)3)24-17-25-33(35)28(4)5/h10,15-17,22-25,27-30,37H,6-9,11-14,18-21,26H2,1-5H3. The van der Waals surface area contributed by atoms with Gasteiger partial charge >= 0.3 is 0 Å². The van der Waals surface area contributed by atoms with E-state index in [4.69, 9.17) is 4.99 Å². The normalized spacial score (nSPS) is 18.5. The van der Waals surface area contributed by atoms with Crippen LogP contribution in [0.5, 0.6) is 0 Å². The quantitative estimate of drug-likeness (QED) is 0.172. The molecule has 0 aromatic heterocycles. The summed E-state index contributed by atoms with van der Waals surface area (Å²) >= 11 is 0. The first-order chi connectivity index (χ1) is 19.0. The summed E-state index contributed by atoms with van der Waals surface area (Å²) in [5, 5.41) is 5.71. The molecule has 2 aliphatic rings. The minimum atomic E-state index is -0.831. The monoisotopic (exact) mass is 547 g/mol. The van der Waals surface area contributed by atoms with Gasteiger partial charge in [0, 0.05) is 23.5 Å². The average Bonchev–Trinajstić information content (AvgIpc) is 2.96. The lowest BCUT2D eigenvalue weighted by Crippen LogP contribution is -2.42. The maximum Gasteiger partial charge on any atom is 0.127 e. The molecule has 2 aliphatic carbocycles. The molecule has 2 aromatic rings. The molecule has 214 valence electrons. The van der Waals surface area contributed by atoms with Gasteiger partial charge in [-0.2, -0.15) is 0 Å². The first kappa shape index (κ1) is 30.1. The van der Waals surface area contributed by atoms with Crippen LogP contribution in [-0.4, -0.2) is 22.6 Å². The van der Waals surface area contributed by atoms with Gasteiger partial charge in [-0.3, -0.25) is 4.99 Å². The van der Waals surface area contributed by atoms with Gasteiger partial charge in [-0.25, -0.2) is 0 Å². The van der Waals surface area contributed by atoms with Gasteiger partial charge in [0.1, 0.15) is 14.1 Å². The SMILES string of the molecule is CCCCC(=NC1CCCCC1)N(C1CCCCC1)P(Nc1c(C(C)C)cccc1C(C)C)c1ccccc1. The largest absolute Gasteiger partial charge is 0.344 e. The summed E-state index contributed by atoms with van der Waals surface area (Å²) < 4.78 is 2.86. The fourth-order valence-electron chi connectivity index (χ4n) is 6.41. The van der Waals surface area contributed by atoms with Crippen LogP contribution in [0.2, 0.25) is 0 Å². The Labute approximate surface area is 241 Å². The van der Waals surface area contributed by atoms with Crippen LogP contribution in [0, 0.1) is 0 Å². The van der Waals surface area contributed by atoms with Crippen LogP contribution < -0.4 is 10.4 Å². The van der Waals surface area contributed by atoms with Crippen molar-refractivity contribution < 1.29 is 0 Å². The summed E-state index contributed by atoms with van der Waals surface area (Å²) in [7, 11) is -0.831. The van der Waals surface area contributed by atoms with E-state index in [9.17, 15) is 0 Å². The fraction of sp³-hybridized carbons (Fsp3) is 0.629. The zero-order valence-corrected chi connectivity index (χ0v) is 26.4. The molecule has 0 amide bonds. The molecule has 4 heteroatoms. The number of benzene rings is 2. The first-order valence-electron chi connectivity index (χ1n) is 16.1. The predicted molar refractivity (Wildman–Crippen MR) is 174 cm³/mol. The molecule has 0 aliphatic heterocycles. The summed E-state index contributed by atoms with van der Waals surface area (Å²) in [4.78, 5) is 5.67. The number of nitrogens with zero attached hydrogens (tertiary/aromatic N) is 2. The number of amidine groups is 1. The number of hydrogen-bond acceptors (Lipinski definition) is 2. The van der Waals surface area contributed by atoms with Gasteiger partial charge < -0.3 is 9.76 Å². The van der Waals surface area contributed by atoms with Crippen molar-refractivity contribution in [1.82, 2.24) is 4.67 Å². The minimum Gasteiger partial charge on any atom is -0.344 e. The molecule has 1 atom stereocenters. The Hall–Kier alpha value is -1.86. The van der Waals surface area contributed by atoms with E-state index in [1.165, 1.54) is 105 Å². The highest BCUT2D eigenvalue weighted by Gasteiger charge is 2.33. The van der Waals surface area contributed by atoms with E-state index in [0.717, 1.165) is 6.42 Å². The average molecular weight is 548 g/mol. The van der Waals surface area contributed by atoms with Crippen LogP contribution in [0.15, 0.2) is 53.5 Å². The molecule has 1 N–H and O–H groups in total. The zero-order valence-electron chi connectivity index (χ0n) is 25.5. The Balaban J connectivity index is 1.86. The van der Waals surface area contributed by atoms with Gasteiger partial charge in [0.2, 0.25) is 0 Å². The molecule has 4 rings (SSSR count). The second-order valence-electron chi connectivity index (χ2n) is 12.5. The van der Waals surface area contributed by atoms with Crippen LogP contribution in [-0.2, 0) is 0 Å². The van der Waals surface area contributed by atoms with Gasteiger partial charge in [0.05, 0.1) is 6.04 Å². The van der Waals surface area contributed by atoms with Crippen molar-refractivity contribution in [3.63, 3.8) is 0 Å². The summed E-state index contributed by atoms with van der Waals surface area (Å²) in [5.74, 6) is 2.33. The van der Waals surface area contributed by atoms with Crippen LogP contribution in [0.4, 0.5) is 5.69 Å². The molecule has 0 saturated heterocycles. The Morgan fingerprint density at radius 1 is 0.821 bits per heavy atom. The summed E-state index contributed by atoms with van der Waals surface area (Å²) in [6, 6.07) is 19.4. The Bertz CT molecular complexity index is 993. The van der Waals surface area contributed by atoms with Crippen molar-refractivity contribution in [2.24, 2.45) is 4.99 Å². The molecule has 0 bridgehead atoms. The molecule has 0 spiro atoms. The fourth-order valence-corrected chi connectivity index (χ4v) is 8.76. The van der Waals surface area contributed by atoms with Crippen molar-refractivity contribution >= 4 is 25.1 Å². The van der Waals surface area contributed by atoms with Crippen molar-refractivity contribution in [1.29, 1.82) is 0 Å². The highest BCUT2D eigenvalue weighted by atomic mass is 31.1. The third-order valence-corrected chi connectivity index (χ3v) is 10.9. The molecule has 2 saturated carbocycles. The predicted octanol–water partition coefficient (Wildman–Crippen LogP) is 10.5. The van der Waals surface area contributed by atoms with Gasteiger partial charge in [0.25, 0.3) is 0 Å². The summed E-state index contributed by atoms with van der Waals surface area (Å²) in [5.41, 5.74) is 4.24. The molecular formula is C35H54N3P. The molecule has 2 fully saturated rings. The highest BCUT2D eigenvalue weighted by molar-refractivity contribution is 7.65. The van der Waals surface area contributed by atoms with Gasteiger partial charge in [0.15, 0.2) is 0 Å². The molecule has 0 radical (unpaired) electrons. The lowest BCUT2D eigenvalue weighted by molar-refractivity contribution is 0.331. The van der Waals surface area contributed by atoms with Crippen molar-refractivity contribution in [2.75, 3.05) is 5.09 Å². The van der Waals surface area contributed by atoms with Crippen LogP contribution in [0.3, 0.4) is 0 Å². The number of para-hydroxylation sites is 1. The zero-order chi connectivity index (χ0) is 27.6. The molecular weight excluding hydrogens is 493 g/mol. The lowest BCUT2D eigenvalue weighted by Gasteiger charge is -2.43. The highest BCUT2D eigenvalue weighted by Crippen LogP contribution is 2.48. The molecule has 2 aromatic carbocycles. The number of aliphatic imine (C=N–C) groups is 1. The van der Waals surface area contributed by atoms with Gasteiger partial charge in [-0.1, -0.05) is 128 Å². The first-order valence-corrected chi connectivity index (χ1v) is 17.4. The van der Waals surface area contributed by atoms with E-state index in [1.54, 1.807) is 0 Å². The number of hydrogen-bond donors (Lipinski definition) is 1. The van der Waals surface area contributed by atoms with Gasteiger partial charge in [-0.05, 0) is 55.1 Å². The van der Waals surface area contributed by atoms with E-state index in [1.807, 2.05) is 0 Å². The lowest BCUT2D eigenvalue weighted by atomic mass is 9.93. The molecule has 0 heterocycles. The Morgan fingerprint density at radius 2 is 1.41 bits per heavy atom. The number of nitrogens with one attached hydrogen (secondary N) is 1. The maximum atomic E-state index is 5.67. The number of rotatable bonds is 11. The van der Waals surface area contributed by atoms with Crippen molar-refractivity contribution in [3.8, 4) is 0 Å². The van der Waals surface area contributed by atoms with E-state index in [2.05, 4.69) is 92.9 Å². The minimum absolute atomic E-state index is 0.470. The summed E-state index contributed by atoms with van der Waals surface area (Å²) in [6.07, 6.45) is 16.7. The van der Waals surface area contributed by atoms with Crippen LogP contribution in [0.25, 0.3) is 0 Å². The van der Waals surface area contributed by atoms with Crippen molar-refractivity contribution in [3.05, 3.63) is 59.7 Å². The molecule has 39 heavy (non-hydrogen) atoms. The van der Waals surface area contributed by atoms with E-state index in [0.29, 0.717) is 23.9 Å². The third-order valence-electron chi connectivity index (χ3n) is 8.65. The molecule has 1 unspecified atom stereocenters. The smallest absolute Gasteiger partial charge is 0.127 e. The van der Waals surface area contributed by atoms with E-state index < -0.39 is 8.22 Å². The van der Waals surface area contributed by atoms with Gasteiger partial charge in [-0.15, -0.1) is 0 Å². The van der Waals surface area contributed by atoms with Crippen molar-refractivity contribution in [2.45, 2.75) is 142 Å². The Morgan fingerprint density at radius 3 is 1.97 bits per heavy atom. The summed E-state index contributed by atoms with van der Waals surface area (Å²) in [6.45, 7) is 11.7. The van der Waals surface area contributed by atoms with E-state index in [-0.39, 0.29) is 0 Å². The van der Waals surface area contributed by atoms with Crippen LogP contribution >= 0.6 is 8.22 Å². The third kappa shape index (κ3) is 8.09. The maximum absolute atomic E-state index is 5.67. The number of unbranched alkanes of at least 4 members (excludes halogenated alkanes) is 1. The Kier molecular flexibility index (Phi) is 11.8. The topological polar surface area (TPSA) is 27.6 Å². The second kappa shape index (κ2) is 15.2.